The molecule has 0 unspecified atom stereocenters. The van der Waals surface area contributed by atoms with E-state index in [0.29, 0.717) is 12.4 Å². The van der Waals surface area contributed by atoms with Crippen LogP contribution in [0.3, 0.4) is 0 Å². The maximum absolute atomic E-state index is 13.0. The summed E-state index contributed by atoms with van der Waals surface area (Å²) in [5.74, 6) is -0.680. The summed E-state index contributed by atoms with van der Waals surface area (Å²) in [6, 6.07) is 3.13. The van der Waals surface area contributed by atoms with Crippen LogP contribution in [-0.4, -0.2) is 70.1 Å². The molecule has 1 saturated heterocycles. The lowest BCUT2D eigenvalue weighted by atomic mass is 10.2. The topological polar surface area (TPSA) is 58.8 Å². The third-order valence-corrected chi connectivity index (χ3v) is 4.14. The van der Waals surface area contributed by atoms with Crippen LogP contribution >= 0.6 is 0 Å². The standard InChI is InChI=1S/C15H21F3N6O/c1-10-8-23(9-11(2)25-10)7-6-22(3)13-5-4-12-19-20-14(15(16,17)18)24(12)21-13/h4-5,10-11H,6-9H2,1-3H3/t10-,11+. The maximum Gasteiger partial charge on any atom is 0.453 e. The van der Waals surface area contributed by atoms with E-state index < -0.39 is 12.0 Å². The first-order valence-corrected chi connectivity index (χ1v) is 8.12. The Kier molecular flexibility index (Phi) is 4.83. The maximum atomic E-state index is 13.0. The second-order valence-corrected chi connectivity index (χ2v) is 6.42. The number of aromatic nitrogens is 4. The molecule has 1 fully saturated rings. The molecule has 1 aliphatic heterocycles. The van der Waals surface area contributed by atoms with E-state index in [0.717, 1.165) is 24.1 Å². The van der Waals surface area contributed by atoms with Gasteiger partial charge in [0.25, 0.3) is 5.82 Å². The highest BCUT2D eigenvalue weighted by Crippen LogP contribution is 2.27. The number of hydrogen-bond donors (Lipinski definition) is 0. The molecule has 0 aliphatic carbocycles. The Morgan fingerprint density at radius 3 is 2.52 bits per heavy atom. The number of ether oxygens (including phenoxy) is 1. The van der Waals surface area contributed by atoms with Gasteiger partial charge in [-0.2, -0.15) is 17.7 Å². The number of alkyl halides is 3. The molecule has 10 heteroatoms. The number of hydrogen-bond acceptors (Lipinski definition) is 6. The van der Waals surface area contributed by atoms with E-state index in [1.807, 2.05) is 18.7 Å². The molecular weight excluding hydrogens is 337 g/mol. The molecule has 0 spiro atoms. The van der Waals surface area contributed by atoms with E-state index in [1.54, 1.807) is 13.1 Å². The van der Waals surface area contributed by atoms with Gasteiger partial charge in [-0.05, 0) is 26.0 Å². The van der Waals surface area contributed by atoms with Crippen LogP contribution in [0.2, 0.25) is 0 Å². The third-order valence-electron chi connectivity index (χ3n) is 4.14. The Labute approximate surface area is 143 Å². The molecule has 2 aromatic rings. The zero-order chi connectivity index (χ0) is 18.2. The van der Waals surface area contributed by atoms with Crippen LogP contribution in [0.5, 0.6) is 0 Å². The van der Waals surface area contributed by atoms with Gasteiger partial charge in [0, 0.05) is 33.2 Å². The molecule has 0 bridgehead atoms. The molecule has 2 atom stereocenters. The Morgan fingerprint density at radius 1 is 1.20 bits per heavy atom. The van der Waals surface area contributed by atoms with Crippen molar-refractivity contribution in [3.8, 4) is 0 Å². The van der Waals surface area contributed by atoms with E-state index in [4.69, 9.17) is 4.74 Å². The van der Waals surface area contributed by atoms with Crippen molar-refractivity contribution in [2.24, 2.45) is 0 Å². The Hall–Kier alpha value is -1.94. The minimum atomic E-state index is -4.59. The first-order chi connectivity index (χ1) is 11.7. The van der Waals surface area contributed by atoms with Gasteiger partial charge in [-0.3, -0.25) is 4.90 Å². The highest BCUT2D eigenvalue weighted by Gasteiger charge is 2.37. The van der Waals surface area contributed by atoms with Crippen LogP contribution in [0.1, 0.15) is 19.7 Å². The second-order valence-electron chi connectivity index (χ2n) is 6.42. The largest absolute Gasteiger partial charge is 0.453 e. The van der Waals surface area contributed by atoms with Gasteiger partial charge in [-0.1, -0.05) is 0 Å². The van der Waals surface area contributed by atoms with Gasteiger partial charge in [0.05, 0.1) is 12.2 Å². The fourth-order valence-corrected chi connectivity index (χ4v) is 3.03. The number of nitrogens with zero attached hydrogens (tertiary/aromatic N) is 6. The molecule has 25 heavy (non-hydrogen) atoms. The summed E-state index contributed by atoms with van der Waals surface area (Å²) >= 11 is 0. The van der Waals surface area contributed by atoms with Crippen LogP contribution < -0.4 is 4.90 Å². The van der Waals surface area contributed by atoms with Crippen molar-refractivity contribution in [1.29, 1.82) is 0 Å². The summed E-state index contributed by atoms with van der Waals surface area (Å²) in [5, 5.41) is 10.7. The summed E-state index contributed by atoms with van der Waals surface area (Å²) in [6.07, 6.45) is -4.24. The number of fused-ring (bicyclic) bond motifs is 1. The lowest BCUT2D eigenvalue weighted by molar-refractivity contribution is -0.146. The van der Waals surface area contributed by atoms with Crippen molar-refractivity contribution in [3.05, 3.63) is 18.0 Å². The van der Waals surface area contributed by atoms with Gasteiger partial charge < -0.3 is 9.64 Å². The van der Waals surface area contributed by atoms with Crippen molar-refractivity contribution >= 4 is 11.5 Å². The molecule has 3 heterocycles. The van der Waals surface area contributed by atoms with Crippen LogP contribution in [0, 0.1) is 0 Å². The summed E-state index contributed by atoms with van der Waals surface area (Å²) in [6.45, 7) is 7.17. The van der Waals surface area contributed by atoms with Crippen LogP contribution in [0.15, 0.2) is 12.1 Å². The summed E-state index contributed by atoms with van der Waals surface area (Å²) in [7, 11) is 1.80. The smallest absolute Gasteiger partial charge is 0.373 e. The average Bonchev–Trinajstić information content (AvgIpc) is 2.94. The van der Waals surface area contributed by atoms with Gasteiger partial charge in [0.1, 0.15) is 5.82 Å². The van der Waals surface area contributed by atoms with Crippen LogP contribution in [0.25, 0.3) is 5.65 Å². The minimum absolute atomic E-state index is 0.0697. The number of halogens is 3. The summed E-state index contributed by atoms with van der Waals surface area (Å²) in [5.41, 5.74) is 0.0697. The van der Waals surface area contributed by atoms with Crippen molar-refractivity contribution in [1.82, 2.24) is 24.7 Å². The van der Waals surface area contributed by atoms with Crippen molar-refractivity contribution in [2.45, 2.75) is 32.2 Å². The van der Waals surface area contributed by atoms with Crippen molar-refractivity contribution in [2.75, 3.05) is 38.1 Å². The molecule has 0 N–H and O–H groups in total. The first kappa shape index (κ1) is 17.9. The van der Waals surface area contributed by atoms with Crippen LogP contribution in [-0.2, 0) is 10.9 Å². The van der Waals surface area contributed by atoms with Gasteiger partial charge in [0.15, 0.2) is 5.65 Å². The monoisotopic (exact) mass is 358 g/mol. The van der Waals surface area contributed by atoms with Crippen molar-refractivity contribution in [3.63, 3.8) is 0 Å². The number of anilines is 1. The molecule has 3 rings (SSSR count). The van der Waals surface area contributed by atoms with Crippen molar-refractivity contribution < 1.29 is 17.9 Å². The average molecular weight is 358 g/mol. The molecule has 2 aromatic heterocycles. The fraction of sp³-hybridized carbons (Fsp3) is 0.667. The Morgan fingerprint density at radius 2 is 1.88 bits per heavy atom. The van der Waals surface area contributed by atoms with E-state index in [1.165, 1.54) is 6.07 Å². The Balaban J connectivity index is 1.70. The summed E-state index contributed by atoms with van der Waals surface area (Å²) < 4.78 is 45.3. The van der Waals surface area contributed by atoms with E-state index in [2.05, 4.69) is 20.2 Å². The molecule has 0 saturated carbocycles. The number of likely N-dealkylation sites (N-methyl/N-ethyl adjacent to an activating group) is 1. The van der Waals surface area contributed by atoms with Gasteiger partial charge in [0.2, 0.25) is 0 Å². The van der Waals surface area contributed by atoms with E-state index in [-0.39, 0.29) is 17.9 Å². The van der Waals surface area contributed by atoms with Crippen LogP contribution in [0.4, 0.5) is 19.0 Å². The zero-order valence-electron chi connectivity index (χ0n) is 14.4. The van der Waals surface area contributed by atoms with Gasteiger partial charge in [-0.15, -0.1) is 15.3 Å². The predicted octanol–water partition coefficient (Wildman–Crippen LogP) is 1.69. The van der Waals surface area contributed by atoms with E-state index >= 15 is 0 Å². The molecule has 0 amide bonds. The van der Waals surface area contributed by atoms with E-state index in [9.17, 15) is 13.2 Å². The third kappa shape index (κ3) is 4.01. The normalized spacial score (nSPS) is 22.5. The lowest BCUT2D eigenvalue weighted by Gasteiger charge is -2.36. The second kappa shape index (κ2) is 6.75. The number of morpholine rings is 1. The lowest BCUT2D eigenvalue weighted by Crippen LogP contribution is -2.47. The zero-order valence-corrected chi connectivity index (χ0v) is 14.4. The Bertz CT molecular complexity index is 724. The quantitative estimate of drug-likeness (QED) is 0.829. The minimum Gasteiger partial charge on any atom is -0.373 e. The predicted molar refractivity (Wildman–Crippen MR) is 85.5 cm³/mol. The molecule has 1 aliphatic rings. The molecular formula is C15H21F3N6O. The SMILES string of the molecule is C[C@@H]1CN(CCN(C)c2ccc3nnc(C(F)(F)F)n3n2)C[C@H](C)O1. The highest BCUT2D eigenvalue weighted by atomic mass is 19.4. The molecule has 7 nitrogen and oxygen atoms in total. The molecule has 0 aromatic carbocycles. The highest BCUT2D eigenvalue weighted by molar-refractivity contribution is 5.45. The summed E-state index contributed by atoms with van der Waals surface area (Å²) in [4.78, 5) is 4.11. The molecule has 138 valence electrons. The van der Waals surface area contributed by atoms with Gasteiger partial charge >= 0.3 is 6.18 Å². The first-order valence-electron chi connectivity index (χ1n) is 8.12. The number of rotatable bonds is 4. The molecule has 0 radical (unpaired) electrons. The van der Waals surface area contributed by atoms with Gasteiger partial charge in [-0.25, -0.2) is 0 Å². The fourth-order valence-electron chi connectivity index (χ4n) is 3.03.